The maximum Gasteiger partial charge on any atom is 0.253 e. The molecule has 0 heterocycles. The number of hydrogen-bond acceptors (Lipinski definition) is 5. The molecule has 9 heteroatoms. The summed E-state index contributed by atoms with van der Waals surface area (Å²) in [6.45, 7) is 3.94. The van der Waals surface area contributed by atoms with Gasteiger partial charge in [0.25, 0.3) is 5.91 Å². The fourth-order valence-electron chi connectivity index (χ4n) is 3.20. The summed E-state index contributed by atoms with van der Waals surface area (Å²) < 4.78 is 16.4. The molecular weight excluding hydrogens is 535 g/mol. The van der Waals surface area contributed by atoms with Gasteiger partial charge in [0, 0.05) is 38.3 Å². The average molecular weight is 570 g/mol. The van der Waals surface area contributed by atoms with Crippen molar-refractivity contribution < 1.29 is 19.0 Å². The molecule has 0 fully saturated rings. The molecule has 0 atom stereocenters. The van der Waals surface area contributed by atoms with Gasteiger partial charge in [0.05, 0.1) is 27.9 Å². The van der Waals surface area contributed by atoms with Crippen molar-refractivity contribution in [1.82, 2.24) is 15.5 Å². The molecule has 2 N–H and O–H groups in total. The zero-order chi connectivity index (χ0) is 23.5. The standard InChI is InChI=1S/C24H34N4O4.HI/c1-7-25-24(27-16-17-8-10-19(11-9-17)23(29)28(2)3)26-15-14-18-12-13-20(30-4)22(32-6)21(18)31-5;/h8-13H,7,14-16H2,1-6H3,(H2,25,26,27);1H. The average Bonchev–Trinajstić information content (AvgIpc) is 2.81. The van der Waals surface area contributed by atoms with Crippen molar-refractivity contribution >= 4 is 35.8 Å². The Morgan fingerprint density at radius 2 is 1.61 bits per heavy atom. The van der Waals surface area contributed by atoms with Gasteiger partial charge in [0.15, 0.2) is 17.5 Å². The van der Waals surface area contributed by atoms with Crippen molar-refractivity contribution in [3.63, 3.8) is 0 Å². The van der Waals surface area contributed by atoms with Gasteiger partial charge in [-0.1, -0.05) is 18.2 Å². The van der Waals surface area contributed by atoms with Crippen molar-refractivity contribution in [3.8, 4) is 17.2 Å². The molecule has 2 aromatic rings. The van der Waals surface area contributed by atoms with Crippen LogP contribution >= 0.6 is 24.0 Å². The summed E-state index contributed by atoms with van der Waals surface area (Å²) in [6, 6.07) is 11.4. The van der Waals surface area contributed by atoms with Crippen LogP contribution in [0.5, 0.6) is 17.2 Å². The quantitative estimate of drug-likeness (QED) is 0.259. The Morgan fingerprint density at radius 1 is 0.939 bits per heavy atom. The maximum atomic E-state index is 12.0. The molecule has 0 aliphatic heterocycles. The number of methoxy groups -OCH3 is 3. The van der Waals surface area contributed by atoms with Crippen LogP contribution in [0.25, 0.3) is 0 Å². The molecule has 2 aromatic carbocycles. The number of carbonyl (C=O) groups is 1. The van der Waals surface area contributed by atoms with E-state index in [1.807, 2.05) is 43.3 Å². The molecule has 0 spiro atoms. The number of nitrogens with one attached hydrogen (secondary N) is 2. The summed E-state index contributed by atoms with van der Waals surface area (Å²) in [6.07, 6.45) is 0.718. The zero-order valence-corrected chi connectivity index (χ0v) is 22.6. The molecule has 0 saturated heterocycles. The molecule has 0 aliphatic carbocycles. The minimum Gasteiger partial charge on any atom is -0.493 e. The van der Waals surface area contributed by atoms with Crippen molar-refractivity contribution in [1.29, 1.82) is 0 Å². The van der Waals surface area contributed by atoms with Crippen molar-refractivity contribution in [2.24, 2.45) is 4.99 Å². The Labute approximate surface area is 213 Å². The van der Waals surface area contributed by atoms with Gasteiger partial charge in [-0.25, -0.2) is 4.99 Å². The van der Waals surface area contributed by atoms with Crippen molar-refractivity contribution in [2.45, 2.75) is 19.9 Å². The summed E-state index contributed by atoms with van der Waals surface area (Å²) in [4.78, 5) is 18.2. The first-order valence-electron chi connectivity index (χ1n) is 10.6. The summed E-state index contributed by atoms with van der Waals surface area (Å²) >= 11 is 0. The first kappa shape index (κ1) is 28.3. The van der Waals surface area contributed by atoms with E-state index >= 15 is 0 Å². The Balaban J connectivity index is 0.00000544. The molecule has 0 aliphatic rings. The van der Waals surface area contributed by atoms with Crippen LogP contribution in [0, 0.1) is 0 Å². The van der Waals surface area contributed by atoms with Crippen LogP contribution in [0.15, 0.2) is 41.4 Å². The smallest absolute Gasteiger partial charge is 0.253 e. The van der Waals surface area contributed by atoms with E-state index in [1.165, 1.54) is 0 Å². The Kier molecular flexibility index (Phi) is 12.4. The topological polar surface area (TPSA) is 84.4 Å². The highest BCUT2D eigenvalue weighted by Gasteiger charge is 2.15. The van der Waals surface area contributed by atoms with Gasteiger partial charge in [-0.2, -0.15) is 0 Å². The van der Waals surface area contributed by atoms with Gasteiger partial charge in [0.1, 0.15) is 0 Å². The van der Waals surface area contributed by atoms with Crippen molar-refractivity contribution in [2.75, 3.05) is 48.5 Å². The second-order valence-corrected chi connectivity index (χ2v) is 7.26. The first-order valence-corrected chi connectivity index (χ1v) is 10.6. The Bertz CT molecular complexity index is 917. The largest absolute Gasteiger partial charge is 0.493 e. The molecule has 8 nitrogen and oxygen atoms in total. The van der Waals surface area contributed by atoms with Gasteiger partial charge < -0.3 is 29.7 Å². The number of carbonyl (C=O) groups excluding carboxylic acids is 1. The van der Waals surface area contributed by atoms with E-state index in [0.717, 1.165) is 30.1 Å². The molecule has 0 radical (unpaired) electrons. The van der Waals surface area contributed by atoms with Crippen LogP contribution in [-0.2, 0) is 13.0 Å². The molecule has 0 aromatic heterocycles. The number of guanidine groups is 1. The number of benzene rings is 2. The lowest BCUT2D eigenvalue weighted by Crippen LogP contribution is -2.38. The van der Waals surface area contributed by atoms with Crippen LogP contribution in [-0.4, -0.2) is 65.3 Å². The second-order valence-electron chi connectivity index (χ2n) is 7.26. The van der Waals surface area contributed by atoms with Gasteiger partial charge in [0.2, 0.25) is 5.75 Å². The molecule has 2 rings (SSSR count). The van der Waals surface area contributed by atoms with Crippen LogP contribution in [0.2, 0.25) is 0 Å². The van der Waals surface area contributed by atoms with Crippen LogP contribution in [0.4, 0.5) is 0 Å². The van der Waals surface area contributed by atoms with Crippen LogP contribution in [0.1, 0.15) is 28.4 Å². The van der Waals surface area contributed by atoms with E-state index in [1.54, 1.807) is 40.3 Å². The van der Waals surface area contributed by atoms with Gasteiger partial charge in [-0.05, 0) is 37.1 Å². The maximum absolute atomic E-state index is 12.0. The Morgan fingerprint density at radius 3 is 2.15 bits per heavy atom. The molecule has 0 unspecified atom stereocenters. The predicted octanol–water partition coefficient (Wildman–Crippen LogP) is 3.33. The van der Waals surface area contributed by atoms with Gasteiger partial charge in [-0.15, -0.1) is 24.0 Å². The Hall–Kier alpha value is -2.69. The van der Waals surface area contributed by atoms with Gasteiger partial charge >= 0.3 is 0 Å². The van der Waals surface area contributed by atoms with E-state index in [2.05, 4.69) is 15.6 Å². The van der Waals surface area contributed by atoms with Crippen LogP contribution < -0.4 is 24.8 Å². The van der Waals surface area contributed by atoms with Crippen molar-refractivity contribution in [3.05, 3.63) is 53.1 Å². The lowest BCUT2D eigenvalue weighted by atomic mass is 10.1. The lowest BCUT2D eigenvalue weighted by molar-refractivity contribution is 0.0827. The lowest BCUT2D eigenvalue weighted by Gasteiger charge is -2.16. The highest BCUT2D eigenvalue weighted by molar-refractivity contribution is 14.0. The SMILES string of the molecule is CCNC(=NCc1ccc(C(=O)N(C)C)cc1)NCCc1ccc(OC)c(OC)c1OC.I. The third kappa shape index (κ3) is 7.99. The molecule has 0 bridgehead atoms. The summed E-state index contributed by atoms with van der Waals surface area (Å²) in [5.41, 5.74) is 2.70. The molecule has 33 heavy (non-hydrogen) atoms. The fraction of sp³-hybridized carbons (Fsp3) is 0.417. The summed E-state index contributed by atoms with van der Waals surface area (Å²) in [5, 5.41) is 6.61. The van der Waals surface area contributed by atoms with E-state index in [4.69, 9.17) is 14.2 Å². The molecule has 182 valence electrons. The normalized spacial score (nSPS) is 10.7. The fourth-order valence-corrected chi connectivity index (χ4v) is 3.20. The number of hydrogen-bond donors (Lipinski definition) is 2. The minimum atomic E-state index is -0.0133. The van der Waals surface area contributed by atoms with E-state index in [-0.39, 0.29) is 29.9 Å². The third-order valence-electron chi connectivity index (χ3n) is 4.84. The summed E-state index contributed by atoms with van der Waals surface area (Å²) in [5.74, 6) is 2.60. The van der Waals surface area contributed by atoms with Crippen LogP contribution in [0.3, 0.4) is 0 Å². The number of amides is 1. The summed E-state index contributed by atoms with van der Waals surface area (Å²) in [7, 11) is 8.31. The number of aliphatic imine (C=N–C) groups is 1. The zero-order valence-electron chi connectivity index (χ0n) is 20.2. The number of halogens is 1. The monoisotopic (exact) mass is 570 g/mol. The minimum absolute atomic E-state index is 0. The predicted molar refractivity (Wildman–Crippen MR) is 142 cm³/mol. The highest BCUT2D eigenvalue weighted by Crippen LogP contribution is 2.39. The van der Waals surface area contributed by atoms with E-state index in [0.29, 0.717) is 35.9 Å². The molecule has 0 saturated carbocycles. The number of ether oxygens (including phenoxy) is 3. The second kappa shape index (κ2) is 14.5. The van der Waals surface area contributed by atoms with E-state index in [9.17, 15) is 4.79 Å². The third-order valence-corrected chi connectivity index (χ3v) is 4.84. The molecule has 1 amide bonds. The molecular formula is C24H35IN4O4. The highest BCUT2D eigenvalue weighted by atomic mass is 127. The first-order chi connectivity index (χ1) is 15.4. The van der Waals surface area contributed by atoms with Gasteiger partial charge in [-0.3, -0.25) is 4.79 Å². The van der Waals surface area contributed by atoms with E-state index < -0.39 is 0 Å². The number of rotatable bonds is 10. The number of nitrogens with zero attached hydrogens (tertiary/aromatic N) is 2.